The highest BCUT2D eigenvalue weighted by Gasteiger charge is 2.16. The van der Waals surface area contributed by atoms with Crippen LogP contribution in [0.4, 0.5) is 0 Å². The summed E-state index contributed by atoms with van der Waals surface area (Å²) in [6, 6.07) is 10.6. The van der Waals surface area contributed by atoms with Gasteiger partial charge >= 0.3 is 0 Å². The Labute approximate surface area is 124 Å². The highest BCUT2D eigenvalue weighted by atomic mass is 14.9. The summed E-state index contributed by atoms with van der Waals surface area (Å²) >= 11 is 0. The van der Waals surface area contributed by atoms with Crippen LogP contribution in [0.3, 0.4) is 0 Å². The first-order chi connectivity index (χ1) is 10.3. The van der Waals surface area contributed by atoms with Gasteiger partial charge in [0.25, 0.3) is 0 Å². The van der Waals surface area contributed by atoms with E-state index in [4.69, 9.17) is 0 Å². The molecule has 0 aliphatic rings. The van der Waals surface area contributed by atoms with Gasteiger partial charge in [-0.1, -0.05) is 37.3 Å². The van der Waals surface area contributed by atoms with E-state index >= 15 is 0 Å². The van der Waals surface area contributed by atoms with Crippen LogP contribution in [-0.4, -0.2) is 19.9 Å². The molecule has 0 saturated carbocycles. The molecule has 2 aromatic heterocycles. The number of aromatic nitrogens is 4. The smallest absolute Gasteiger partial charge is 0.105 e. The summed E-state index contributed by atoms with van der Waals surface area (Å²) in [5.74, 6) is 1.42. The molecule has 1 atom stereocenters. The molecule has 0 amide bonds. The van der Waals surface area contributed by atoms with Gasteiger partial charge in [-0.2, -0.15) is 0 Å². The number of imidazole rings is 2. The van der Waals surface area contributed by atoms with Crippen LogP contribution in [-0.2, 0) is 19.3 Å². The molecule has 0 spiro atoms. The standard InChI is InChI=1S/C17H20N4/c1-2-17-19-10-15(21-17)9-14(16-11-18-12-20-16)8-13-6-4-3-5-7-13/h3-7,10-12,14H,2,8-9H2,1H3,(H,18,20)(H,19,21). The molecule has 0 aliphatic heterocycles. The maximum atomic E-state index is 4.39. The van der Waals surface area contributed by atoms with E-state index in [9.17, 15) is 0 Å². The quantitative estimate of drug-likeness (QED) is 0.728. The molecule has 4 nitrogen and oxygen atoms in total. The second kappa shape index (κ2) is 6.39. The largest absolute Gasteiger partial charge is 0.348 e. The number of nitrogens with zero attached hydrogens (tertiary/aromatic N) is 2. The molecule has 21 heavy (non-hydrogen) atoms. The summed E-state index contributed by atoms with van der Waals surface area (Å²) in [7, 11) is 0. The van der Waals surface area contributed by atoms with Gasteiger partial charge in [-0.05, 0) is 18.4 Å². The van der Waals surface area contributed by atoms with Gasteiger partial charge in [0.15, 0.2) is 0 Å². The van der Waals surface area contributed by atoms with Gasteiger partial charge in [0.1, 0.15) is 5.82 Å². The van der Waals surface area contributed by atoms with E-state index in [0.717, 1.165) is 25.1 Å². The Balaban J connectivity index is 1.79. The zero-order chi connectivity index (χ0) is 14.5. The Morgan fingerprint density at radius 2 is 1.95 bits per heavy atom. The van der Waals surface area contributed by atoms with Crippen molar-refractivity contribution in [2.75, 3.05) is 0 Å². The van der Waals surface area contributed by atoms with Crippen LogP contribution in [0.1, 0.15) is 35.6 Å². The van der Waals surface area contributed by atoms with Crippen molar-refractivity contribution in [1.29, 1.82) is 0 Å². The lowest BCUT2D eigenvalue weighted by Crippen LogP contribution is -2.07. The average molecular weight is 280 g/mol. The summed E-state index contributed by atoms with van der Waals surface area (Å²) in [6.07, 6.45) is 8.48. The topological polar surface area (TPSA) is 57.4 Å². The van der Waals surface area contributed by atoms with Crippen LogP contribution in [0.25, 0.3) is 0 Å². The van der Waals surface area contributed by atoms with Crippen molar-refractivity contribution in [2.24, 2.45) is 0 Å². The summed E-state index contributed by atoms with van der Waals surface area (Å²) in [4.78, 5) is 15.2. The number of hydrogen-bond acceptors (Lipinski definition) is 2. The SMILES string of the molecule is CCc1ncc(CC(Cc2ccccc2)c2cnc[nH]2)[nH]1. The van der Waals surface area contributed by atoms with E-state index in [1.165, 1.54) is 17.0 Å². The van der Waals surface area contributed by atoms with Crippen molar-refractivity contribution in [3.63, 3.8) is 0 Å². The van der Waals surface area contributed by atoms with E-state index < -0.39 is 0 Å². The number of nitrogens with one attached hydrogen (secondary N) is 2. The van der Waals surface area contributed by atoms with Crippen LogP contribution >= 0.6 is 0 Å². The van der Waals surface area contributed by atoms with Crippen LogP contribution < -0.4 is 0 Å². The van der Waals surface area contributed by atoms with E-state index in [0.29, 0.717) is 5.92 Å². The number of aromatic amines is 2. The van der Waals surface area contributed by atoms with Crippen LogP contribution in [0, 0.1) is 0 Å². The van der Waals surface area contributed by atoms with Crippen molar-refractivity contribution < 1.29 is 0 Å². The van der Waals surface area contributed by atoms with Gasteiger partial charge in [0.2, 0.25) is 0 Å². The van der Waals surface area contributed by atoms with Gasteiger partial charge in [0.05, 0.1) is 6.33 Å². The Morgan fingerprint density at radius 3 is 2.62 bits per heavy atom. The molecule has 3 rings (SSSR count). The van der Waals surface area contributed by atoms with E-state index in [-0.39, 0.29) is 0 Å². The molecule has 0 radical (unpaired) electrons. The molecule has 1 aromatic carbocycles. The van der Waals surface area contributed by atoms with Crippen LogP contribution in [0.2, 0.25) is 0 Å². The van der Waals surface area contributed by atoms with Gasteiger partial charge in [-0.25, -0.2) is 9.97 Å². The van der Waals surface area contributed by atoms with E-state index in [1.807, 2.05) is 12.4 Å². The maximum Gasteiger partial charge on any atom is 0.105 e. The molecule has 0 fully saturated rings. The first-order valence-corrected chi connectivity index (χ1v) is 7.40. The third-order valence-corrected chi connectivity index (χ3v) is 3.77. The fourth-order valence-corrected chi connectivity index (χ4v) is 2.64. The number of hydrogen-bond donors (Lipinski definition) is 2. The Kier molecular flexibility index (Phi) is 4.15. The van der Waals surface area contributed by atoms with Crippen molar-refractivity contribution in [1.82, 2.24) is 19.9 Å². The highest BCUT2D eigenvalue weighted by Crippen LogP contribution is 2.23. The fourth-order valence-electron chi connectivity index (χ4n) is 2.64. The fraction of sp³-hybridized carbons (Fsp3) is 0.294. The Hall–Kier alpha value is -2.36. The van der Waals surface area contributed by atoms with Gasteiger partial charge < -0.3 is 9.97 Å². The minimum atomic E-state index is 0.375. The molecule has 0 aliphatic carbocycles. The molecule has 4 heteroatoms. The highest BCUT2D eigenvalue weighted by molar-refractivity contribution is 5.20. The van der Waals surface area contributed by atoms with Crippen molar-refractivity contribution in [3.05, 3.63) is 71.8 Å². The second-order valence-electron chi connectivity index (χ2n) is 5.31. The first kappa shape index (κ1) is 13.6. The molecule has 108 valence electrons. The normalized spacial score (nSPS) is 12.4. The zero-order valence-electron chi connectivity index (χ0n) is 12.2. The van der Waals surface area contributed by atoms with Crippen LogP contribution in [0.15, 0.2) is 49.1 Å². The average Bonchev–Trinajstić information content (AvgIpc) is 3.19. The minimum absolute atomic E-state index is 0.375. The predicted molar refractivity (Wildman–Crippen MR) is 83.1 cm³/mol. The van der Waals surface area contributed by atoms with Gasteiger partial charge in [-0.3, -0.25) is 0 Å². The lowest BCUT2D eigenvalue weighted by molar-refractivity contribution is 0.653. The molecule has 0 saturated heterocycles. The lowest BCUT2D eigenvalue weighted by atomic mass is 9.92. The molecule has 2 heterocycles. The molecule has 0 bridgehead atoms. The molecule has 3 aromatic rings. The van der Waals surface area contributed by atoms with Crippen molar-refractivity contribution in [2.45, 2.75) is 32.1 Å². The second-order valence-corrected chi connectivity index (χ2v) is 5.31. The third-order valence-electron chi connectivity index (χ3n) is 3.77. The Bertz CT molecular complexity index is 655. The summed E-state index contributed by atoms with van der Waals surface area (Å²) in [5.41, 5.74) is 3.70. The number of benzene rings is 1. The first-order valence-electron chi connectivity index (χ1n) is 7.40. The predicted octanol–water partition coefficient (Wildman–Crippen LogP) is 3.26. The van der Waals surface area contributed by atoms with Crippen LogP contribution in [0.5, 0.6) is 0 Å². The summed E-state index contributed by atoms with van der Waals surface area (Å²) in [5, 5.41) is 0. The molecule has 1 unspecified atom stereocenters. The maximum absolute atomic E-state index is 4.39. The number of H-pyrrole nitrogens is 2. The van der Waals surface area contributed by atoms with E-state index in [1.54, 1.807) is 6.33 Å². The van der Waals surface area contributed by atoms with Crippen molar-refractivity contribution >= 4 is 0 Å². The Morgan fingerprint density at radius 1 is 1.10 bits per heavy atom. The lowest BCUT2D eigenvalue weighted by Gasteiger charge is -2.14. The van der Waals surface area contributed by atoms with Gasteiger partial charge in [0, 0.05) is 36.1 Å². The molecular formula is C17H20N4. The number of rotatable bonds is 6. The monoisotopic (exact) mass is 280 g/mol. The van der Waals surface area contributed by atoms with Gasteiger partial charge in [-0.15, -0.1) is 0 Å². The zero-order valence-corrected chi connectivity index (χ0v) is 12.2. The number of aryl methyl sites for hydroxylation is 1. The minimum Gasteiger partial charge on any atom is -0.348 e. The summed E-state index contributed by atoms with van der Waals surface area (Å²) in [6.45, 7) is 2.11. The molecular weight excluding hydrogens is 260 g/mol. The third kappa shape index (κ3) is 3.40. The molecule has 2 N–H and O–H groups in total. The van der Waals surface area contributed by atoms with E-state index in [2.05, 4.69) is 57.2 Å². The summed E-state index contributed by atoms with van der Waals surface area (Å²) < 4.78 is 0. The van der Waals surface area contributed by atoms with Crippen molar-refractivity contribution in [3.8, 4) is 0 Å².